The summed E-state index contributed by atoms with van der Waals surface area (Å²) in [5, 5.41) is 5.41. The van der Waals surface area contributed by atoms with Crippen LogP contribution in [0.5, 0.6) is 5.75 Å². The van der Waals surface area contributed by atoms with Gasteiger partial charge in [-0.05, 0) is 25.1 Å². The highest BCUT2D eigenvalue weighted by molar-refractivity contribution is 7.09. The highest BCUT2D eigenvalue weighted by Gasteiger charge is 2.27. The van der Waals surface area contributed by atoms with Crippen molar-refractivity contribution in [2.24, 2.45) is 0 Å². The number of thiazole rings is 1. The molecule has 26 heavy (non-hydrogen) atoms. The summed E-state index contributed by atoms with van der Waals surface area (Å²) in [4.78, 5) is 20.4. The molecule has 7 heteroatoms. The number of nitrogens with one attached hydrogen (secondary N) is 1. The molecule has 1 amide bonds. The number of carbonyl (C=O) groups is 1. The van der Waals surface area contributed by atoms with Crippen LogP contribution in [0.1, 0.15) is 21.1 Å². The zero-order chi connectivity index (χ0) is 18.1. The van der Waals surface area contributed by atoms with Crippen LogP contribution in [0.3, 0.4) is 0 Å². The average Bonchev–Trinajstić information content (AvgIpc) is 3.25. The fraction of sp³-hybridized carbons (Fsp3) is 0.211. The van der Waals surface area contributed by atoms with Gasteiger partial charge in [0.25, 0.3) is 5.91 Å². The van der Waals surface area contributed by atoms with Gasteiger partial charge in [-0.15, -0.1) is 11.3 Å². The predicted molar refractivity (Wildman–Crippen MR) is 96.9 cm³/mol. The Bertz CT molecular complexity index is 959. The summed E-state index contributed by atoms with van der Waals surface area (Å²) in [6, 6.07) is 6.61. The van der Waals surface area contributed by atoms with Crippen molar-refractivity contribution in [1.82, 2.24) is 15.3 Å². The van der Waals surface area contributed by atoms with Gasteiger partial charge >= 0.3 is 0 Å². The fourth-order valence-electron chi connectivity index (χ4n) is 3.01. The molecule has 0 unspecified atom stereocenters. The van der Waals surface area contributed by atoms with E-state index in [2.05, 4.69) is 15.3 Å². The average molecular weight is 369 g/mol. The molecule has 1 aliphatic heterocycles. The smallest absolute Gasteiger partial charge is 0.270 e. The monoisotopic (exact) mass is 369 g/mol. The maximum Gasteiger partial charge on any atom is 0.270 e. The predicted octanol–water partition coefficient (Wildman–Crippen LogP) is 3.39. The molecule has 132 valence electrons. The van der Waals surface area contributed by atoms with Crippen molar-refractivity contribution in [3.63, 3.8) is 0 Å². The van der Waals surface area contributed by atoms with Gasteiger partial charge in [0.05, 0.1) is 11.6 Å². The summed E-state index contributed by atoms with van der Waals surface area (Å²) in [6.07, 6.45) is 3.64. The summed E-state index contributed by atoms with van der Waals surface area (Å²) >= 11 is 1.43. The van der Waals surface area contributed by atoms with Gasteiger partial charge in [0.2, 0.25) is 0 Å². The molecule has 3 aromatic rings. The van der Waals surface area contributed by atoms with Crippen molar-refractivity contribution >= 4 is 17.2 Å². The van der Waals surface area contributed by atoms with Crippen molar-refractivity contribution in [3.8, 4) is 16.9 Å². The number of aryl methyl sites for hydroxylation is 1. The maximum absolute atomic E-state index is 14.0. The Hall–Kier alpha value is -2.80. The fourth-order valence-corrected chi connectivity index (χ4v) is 3.60. The van der Waals surface area contributed by atoms with Crippen LogP contribution in [0.15, 0.2) is 42.0 Å². The number of hydrogen-bond acceptors (Lipinski definition) is 5. The van der Waals surface area contributed by atoms with Crippen molar-refractivity contribution in [2.45, 2.75) is 19.4 Å². The van der Waals surface area contributed by atoms with Gasteiger partial charge in [0.1, 0.15) is 23.4 Å². The van der Waals surface area contributed by atoms with Gasteiger partial charge in [-0.2, -0.15) is 0 Å². The highest BCUT2D eigenvalue weighted by Crippen LogP contribution is 2.39. The molecule has 2 aromatic heterocycles. The molecule has 0 bridgehead atoms. The maximum atomic E-state index is 14.0. The van der Waals surface area contributed by atoms with Gasteiger partial charge < -0.3 is 10.1 Å². The summed E-state index contributed by atoms with van der Waals surface area (Å²) in [7, 11) is 0. The Labute approximate surface area is 153 Å². The second kappa shape index (κ2) is 6.84. The van der Waals surface area contributed by atoms with Gasteiger partial charge in [0, 0.05) is 40.9 Å². The lowest BCUT2D eigenvalue weighted by molar-refractivity contribution is 0.0929. The SMILES string of the molecule is Cc1nc(C(=O)NC[C@H]2Cc3cc(F)cc(-c4cccnc4)c3O2)cs1. The number of amides is 1. The number of ether oxygens (including phenoxy) is 1. The first kappa shape index (κ1) is 16.7. The largest absolute Gasteiger partial charge is 0.487 e. The van der Waals surface area contributed by atoms with Gasteiger partial charge in [-0.25, -0.2) is 9.37 Å². The van der Waals surface area contributed by atoms with Crippen molar-refractivity contribution in [2.75, 3.05) is 6.54 Å². The number of pyridine rings is 1. The second-order valence-corrected chi connectivity index (χ2v) is 7.15. The highest BCUT2D eigenvalue weighted by atomic mass is 32.1. The van der Waals surface area contributed by atoms with E-state index in [1.165, 1.54) is 23.5 Å². The van der Waals surface area contributed by atoms with Crippen molar-refractivity contribution in [3.05, 3.63) is 64.1 Å². The summed E-state index contributed by atoms with van der Waals surface area (Å²) in [5.74, 6) is 0.115. The van der Waals surface area contributed by atoms with Crippen LogP contribution in [-0.2, 0) is 6.42 Å². The van der Waals surface area contributed by atoms with Crippen LogP contribution in [0.25, 0.3) is 11.1 Å². The molecular weight excluding hydrogens is 353 g/mol. The number of benzene rings is 1. The van der Waals surface area contributed by atoms with E-state index in [1.807, 2.05) is 13.0 Å². The number of halogens is 1. The minimum Gasteiger partial charge on any atom is -0.487 e. The lowest BCUT2D eigenvalue weighted by Gasteiger charge is -2.13. The van der Waals surface area contributed by atoms with Gasteiger partial charge in [0.15, 0.2) is 0 Å². The molecule has 1 N–H and O–H groups in total. The Morgan fingerprint density at radius 1 is 1.46 bits per heavy atom. The van der Waals surface area contributed by atoms with Crippen LogP contribution in [0.4, 0.5) is 4.39 Å². The molecule has 0 radical (unpaired) electrons. The van der Waals surface area contributed by atoms with E-state index in [-0.39, 0.29) is 17.8 Å². The summed E-state index contributed by atoms with van der Waals surface area (Å²) in [5.41, 5.74) is 2.68. The number of carbonyl (C=O) groups excluding carboxylic acids is 1. The zero-order valence-electron chi connectivity index (χ0n) is 14.0. The van der Waals surface area contributed by atoms with E-state index in [0.29, 0.717) is 30.0 Å². The van der Waals surface area contributed by atoms with Crippen LogP contribution in [0, 0.1) is 12.7 Å². The molecule has 1 aromatic carbocycles. The Kier molecular flexibility index (Phi) is 4.38. The molecule has 0 aliphatic carbocycles. The first-order valence-electron chi connectivity index (χ1n) is 8.20. The number of aromatic nitrogens is 2. The minimum atomic E-state index is -0.311. The first-order chi connectivity index (χ1) is 12.6. The molecular formula is C19H16FN3O2S. The van der Waals surface area contributed by atoms with Crippen LogP contribution < -0.4 is 10.1 Å². The van der Waals surface area contributed by atoms with Crippen LogP contribution in [0.2, 0.25) is 0 Å². The number of rotatable bonds is 4. The van der Waals surface area contributed by atoms with Crippen LogP contribution in [-0.4, -0.2) is 28.5 Å². The molecule has 0 fully saturated rings. The molecule has 3 heterocycles. The molecule has 5 nitrogen and oxygen atoms in total. The Morgan fingerprint density at radius 3 is 3.08 bits per heavy atom. The molecule has 1 atom stereocenters. The number of fused-ring (bicyclic) bond motifs is 1. The molecule has 0 spiro atoms. The normalized spacial score (nSPS) is 15.4. The standard InChI is InChI=1S/C19H16FN3O2S/c1-11-23-17(10-26-11)19(24)22-9-15-6-13-5-14(20)7-16(18(13)25-15)12-3-2-4-21-8-12/h2-5,7-8,10,15H,6,9H2,1H3,(H,22,24)/t15-/m1/s1. The number of nitrogens with zero attached hydrogens (tertiary/aromatic N) is 2. The van der Waals surface area contributed by atoms with Crippen LogP contribution >= 0.6 is 11.3 Å². The van der Waals surface area contributed by atoms with E-state index in [0.717, 1.165) is 16.1 Å². The van der Waals surface area contributed by atoms with Gasteiger partial charge in [-0.3, -0.25) is 9.78 Å². The molecule has 1 aliphatic rings. The van der Waals surface area contributed by atoms with E-state index in [1.54, 1.807) is 23.8 Å². The van der Waals surface area contributed by atoms with E-state index < -0.39 is 0 Å². The van der Waals surface area contributed by atoms with Crippen molar-refractivity contribution in [1.29, 1.82) is 0 Å². The Morgan fingerprint density at radius 2 is 2.35 bits per heavy atom. The Balaban J connectivity index is 1.49. The van der Waals surface area contributed by atoms with E-state index in [9.17, 15) is 9.18 Å². The van der Waals surface area contributed by atoms with E-state index in [4.69, 9.17) is 4.74 Å². The summed E-state index contributed by atoms with van der Waals surface area (Å²) in [6.45, 7) is 2.19. The second-order valence-electron chi connectivity index (χ2n) is 6.09. The quantitative estimate of drug-likeness (QED) is 0.766. The third-order valence-electron chi connectivity index (χ3n) is 4.18. The van der Waals surface area contributed by atoms with Crippen molar-refractivity contribution < 1.29 is 13.9 Å². The zero-order valence-corrected chi connectivity index (χ0v) is 14.8. The van der Waals surface area contributed by atoms with E-state index >= 15 is 0 Å². The summed E-state index contributed by atoms with van der Waals surface area (Å²) < 4.78 is 20.0. The molecule has 4 rings (SSSR count). The molecule has 0 saturated carbocycles. The topological polar surface area (TPSA) is 64.1 Å². The third kappa shape index (κ3) is 3.30. The third-order valence-corrected chi connectivity index (χ3v) is 4.95. The first-order valence-corrected chi connectivity index (χ1v) is 9.08. The number of hydrogen-bond donors (Lipinski definition) is 1. The minimum absolute atomic E-state index is 0.229. The molecule has 0 saturated heterocycles. The lowest BCUT2D eigenvalue weighted by Crippen LogP contribution is -2.34. The lowest BCUT2D eigenvalue weighted by atomic mass is 10.0. The van der Waals surface area contributed by atoms with Gasteiger partial charge in [-0.1, -0.05) is 6.07 Å².